The molecule has 17 heteroatoms. The molecule has 2 aliphatic rings. The second-order valence-corrected chi connectivity index (χ2v) is 21.5. The Hall–Kier alpha value is -7.10. The molecular formula is C61H67Cl3N4O10. The molecule has 3 amide bonds. The smallest absolute Gasteiger partial charge is 0.410 e. The molecule has 0 bridgehead atoms. The van der Waals surface area contributed by atoms with Crippen molar-refractivity contribution in [2.75, 3.05) is 49.1 Å². The molecule has 0 spiro atoms. The number of anilines is 2. The van der Waals surface area contributed by atoms with E-state index in [0.29, 0.717) is 48.5 Å². The van der Waals surface area contributed by atoms with Crippen molar-refractivity contribution in [1.29, 1.82) is 0 Å². The van der Waals surface area contributed by atoms with E-state index in [2.05, 4.69) is 5.32 Å². The molecule has 412 valence electrons. The van der Waals surface area contributed by atoms with E-state index in [1.54, 1.807) is 51.3 Å². The van der Waals surface area contributed by atoms with Crippen LogP contribution >= 0.6 is 35.6 Å². The van der Waals surface area contributed by atoms with Gasteiger partial charge >= 0.3 is 18.0 Å². The van der Waals surface area contributed by atoms with Crippen molar-refractivity contribution in [2.45, 2.75) is 91.6 Å². The van der Waals surface area contributed by atoms with Crippen molar-refractivity contribution >= 4 is 76.8 Å². The highest BCUT2D eigenvalue weighted by Gasteiger charge is 2.31. The molecule has 78 heavy (non-hydrogen) atoms. The Morgan fingerprint density at radius 1 is 0.603 bits per heavy atom. The largest absolute Gasteiger partial charge is 0.489 e. The van der Waals surface area contributed by atoms with Gasteiger partial charge in [-0.3, -0.25) is 24.1 Å². The molecule has 14 nitrogen and oxygen atoms in total. The fourth-order valence-electron chi connectivity index (χ4n) is 8.70. The number of nitrogens with zero attached hydrogens (tertiary/aromatic N) is 3. The molecule has 6 aromatic rings. The molecule has 2 heterocycles. The number of ether oxygens (including phenoxy) is 4. The number of hydrogen-bond acceptors (Lipinski definition) is 10. The van der Waals surface area contributed by atoms with Gasteiger partial charge in [-0.15, -0.1) is 12.4 Å². The van der Waals surface area contributed by atoms with Crippen molar-refractivity contribution < 1.29 is 48.0 Å². The molecule has 8 rings (SSSR count). The monoisotopic (exact) mass is 1120 g/mol. The Balaban J connectivity index is 0.000000259. The lowest BCUT2D eigenvalue weighted by Crippen LogP contribution is -2.45. The molecule has 0 radical (unpaired) electrons. The van der Waals surface area contributed by atoms with E-state index < -0.39 is 29.2 Å². The molecule has 0 unspecified atom stereocenters. The van der Waals surface area contributed by atoms with E-state index in [1.165, 1.54) is 4.90 Å². The van der Waals surface area contributed by atoms with Crippen molar-refractivity contribution in [3.05, 3.63) is 166 Å². The van der Waals surface area contributed by atoms with Gasteiger partial charge in [-0.25, -0.2) is 4.79 Å². The van der Waals surface area contributed by atoms with Gasteiger partial charge in [0.25, 0.3) is 0 Å². The number of carbonyl (C=O) groups excluding carboxylic acids is 4. The van der Waals surface area contributed by atoms with Gasteiger partial charge in [-0.05, 0) is 136 Å². The van der Waals surface area contributed by atoms with Crippen LogP contribution in [0.25, 0.3) is 22.3 Å². The lowest BCUT2D eigenvalue weighted by atomic mass is 10.0. The third-order valence-corrected chi connectivity index (χ3v) is 12.9. The predicted octanol–water partition coefficient (Wildman–Crippen LogP) is 12.4. The van der Waals surface area contributed by atoms with Gasteiger partial charge in [-0.1, -0.05) is 108 Å². The van der Waals surface area contributed by atoms with Crippen LogP contribution in [-0.2, 0) is 54.7 Å². The van der Waals surface area contributed by atoms with Crippen LogP contribution in [-0.4, -0.2) is 90.3 Å². The SMILES string of the molecule is CC(C)(C)OC(=O)CCN(CC(=O)N1CCc2cc(OCc3ccc(-c4ccccc4)c(Cl)c3)ccc21)C(=O)OC(C)(C)C.Cl.O=C(O)CCNCC(=O)N1CCc2cc(OCc3ccc(-c4ccccc4)c(Cl)c3)ccc21. The van der Waals surface area contributed by atoms with Crippen LogP contribution in [0.1, 0.15) is 76.6 Å². The first kappa shape index (κ1) is 60.1. The second-order valence-electron chi connectivity index (χ2n) is 20.7. The van der Waals surface area contributed by atoms with Crippen LogP contribution in [0.15, 0.2) is 133 Å². The number of carboxylic acid groups (broad SMARTS) is 1. The van der Waals surface area contributed by atoms with E-state index in [1.807, 2.05) is 133 Å². The minimum atomic E-state index is -0.886. The molecule has 2 N–H and O–H groups in total. The predicted molar refractivity (Wildman–Crippen MR) is 308 cm³/mol. The van der Waals surface area contributed by atoms with Crippen molar-refractivity contribution in [1.82, 2.24) is 10.2 Å². The van der Waals surface area contributed by atoms with E-state index in [-0.39, 0.29) is 63.2 Å². The topological polar surface area (TPSA) is 164 Å². The van der Waals surface area contributed by atoms with Gasteiger partial charge in [0.2, 0.25) is 11.8 Å². The highest BCUT2D eigenvalue weighted by Crippen LogP contribution is 2.35. The van der Waals surface area contributed by atoms with E-state index >= 15 is 0 Å². The first-order chi connectivity index (χ1) is 36.7. The lowest BCUT2D eigenvalue weighted by molar-refractivity contribution is -0.155. The van der Waals surface area contributed by atoms with Crippen molar-refractivity contribution in [3.63, 3.8) is 0 Å². The Labute approximate surface area is 472 Å². The lowest BCUT2D eigenvalue weighted by Gasteiger charge is -2.29. The maximum atomic E-state index is 13.4. The Morgan fingerprint density at radius 2 is 1.08 bits per heavy atom. The zero-order valence-corrected chi connectivity index (χ0v) is 47.1. The third kappa shape index (κ3) is 17.5. The molecular weight excluding hydrogens is 1060 g/mol. The highest BCUT2D eigenvalue weighted by molar-refractivity contribution is 6.33. The van der Waals surface area contributed by atoms with Gasteiger partial charge in [0.05, 0.1) is 19.4 Å². The summed E-state index contributed by atoms with van der Waals surface area (Å²) >= 11 is 13.1. The van der Waals surface area contributed by atoms with Crippen LogP contribution in [0.5, 0.6) is 11.5 Å². The van der Waals surface area contributed by atoms with Gasteiger partial charge in [0.1, 0.15) is 42.5 Å². The summed E-state index contributed by atoms with van der Waals surface area (Å²) in [5.74, 6) is -0.239. The molecule has 0 saturated heterocycles. The van der Waals surface area contributed by atoms with Gasteiger partial charge in [0, 0.05) is 58.7 Å². The van der Waals surface area contributed by atoms with Gasteiger partial charge in [-0.2, -0.15) is 0 Å². The average molecular weight is 1120 g/mol. The maximum Gasteiger partial charge on any atom is 0.410 e. The summed E-state index contributed by atoms with van der Waals surface area (Å²) in [7, 11) is 0. The zero-order chi connectivity index (χ0) is 55.3. The number of fused-ring (bicyclic) bond motifs is 2. The molecule has 0 fully saturated rings. The fourth-order valence-corrected chi connectivity index (χ4v) is 9.33. The summed E-state index contributed by atoms with van der Waals surface area (Å²) < 4.78 is 23.0. The van der Waals surface area contributed by atoms with Gasteiger partial charge < -0.3 is 39.2 Å². The minimum absolute atomic E-state index is 0. The molecule has 0 aliphatic carbocycles. The third-order valence-electron chi connectivity index (χ3n) is 12.3. The number of rotatable bonds is 18. The molecule has 0 atom stereocenters. The van der Waals surface area contributed by atoms with Crippen LogP contribution < -0.4 is 24.6 Å². The number of amides is 3. The first-order valence-electron chi connectivity index (χ1n) is 25.6. The number of esters is 1. The first-order valence-corrected chi connectivity index (χ1v) is 26.4. The molecule has 6 aromatic carbocycles. The summed E-state index contributed by atoms with van der Waals surface area (Å²) in [6, 6.07) is 43.2. The maximum absolute atomic E-state index is 13.4. The van der Waals surface area contributed by atoms with Crippen LogP contribution in [0, 0.1) is 0 Å². The van der Waals surface area contributed by atoms with Crippen LogP contribution in [0.4, 0.5) is 16.2 Å². The van der Waals surface area contributed by atoms with E-state index in [4.69, 9.17) is 47.3 Å². The summed E-state index contributed by atoms with van der Waals surface area (Å²) in [5.41, 5.74) is 8.29. The van der Waals surface area contributed by atoms with Crippen molar-refractivity contribution in [2.24, 2.45) is 0 Å². The average Bonchev–Trinajstić information content (AvgIpc) is 4.04. The zero-order valence-electron chi connectivity index (χ0n) is 44.8. The number of hydrogen-bond donors (Lipinski definition) is 2. The Morgan fingerprint density at radius 3 is 1.53 bits per heavy atom. The molecule has 2 aliphatic heterocycles. The summed E-state index contributed by atoms with van der Waals surface area (Å²) in [6.45, 7) is 12.6. The summed E-state index contributed by atoms with van der Waals surface area (Å²) in [6.07, 6.45) is 0.687. The number of carboxylic acids is 1. The number of aliphatic carboxylic acids is 1. The minimum Gasteiger partial charge on any atom is -0.489 e. The number of nitrogens with one attached hydrogen (secondary N) is 1. The number of carbonyl (C=O) groups is 5. The normalized spacial score (nSPS) is 12.5. The van der Waals surface area contributed by atoms with Crippen molar-refractivity contribution in [3.8, 4) is 33.8 Å². The number of benzene rings is 6. The fraction of sp³-hybridized carbons (Fsp3) is 0.328. The van der Waals surface area contributed by atoms with Gasteiger partial charge in [0.15, 0.2) is 0 Å². The van der Waals surface area contributed by atoms with Crippen LogP contribution in [0.3, 0.4) is 0 Å². The molecule has 0 saturated carbocycles. The molecule has 0 aromatic heterocycles. The van der Waals surface area contributed by atoms with Crippen LogP contribution in [0.2, 0.25) is 10.0 Å². The number of halogens is 3. The van der Waals surface area contributed by atoms with E-state index in [0.717, 1.165) is 68.1 Å². The standard InChI is InChI=1S/C35H41ClN2O6.C26H25ClN2O4.ClH/c1-34(2,3)43-32(40)17-18-37(33(41)44-35(4,5)6)22-31(39)38-19-16-26-21-27(13-15-30(26)38)42-23-24-12-14-28(29(36)20-24)25-10-8-7-9-11-25;27-23-14-18(6-8-22(23)19-4-2-1-3-5-19)17-33-21-7-9-24-20(15-21)11-13-29(24)25(30)16-28-12-10-26(31)32;/h7-15,20-21H,16-19,22-23H2,1-6H3;1-9,14-15,28H,10-13,16-17H2,(H,31,32);1H. The quantitative estimate of drug-likeness (QED) is 0.0622. The summed E-state index contributed by atoms with van der Waals surface area (Å²) in [4.78, 5) is 66.4. The second kappa shape index (κ2) is 27.5. The van der Waals surface area contributed by atoms with E-state index in [9.17, 15) is 24.0 Å². The highest BCUT2D eigenvalue weighted by atomic mass is 35.5. The summed E-state index contributed by atoms with van der Waals surface area (Å²) in [5, 5.41) is 12.9. The Bertz CT molecular complexity index is 3050. The Kier molecular flexibility index (Phi) is 21.2.